The van der Waals surface area contributed by atoms with Crippen LogP contribution in [0.1, 0.15) is 11.5 Å². The van der Waals surface area contributed by atoms with Crippen LogP contribution in [0.2, 0.25) is 5.02 Å². The Bertz CT molecular complexity index is 823. The minimum atomic E-state index is -0.562. The van der Waals surface area contributed by atoms with Crippen LogP contribution < -0.4 is 5.73 Å². The van der Waals surface area contributed by atoms with Gasteiger partial charge in [-0.3, -0.25) is 0 Å². The number of hydrogen-bond acceptors (Lipinski definition) is 4. The first kappa shape index (κ1) is 13.7. The molecule has 0 aliphatic rings. The number of aromatic nitrogens is 1. The Morgan fingerprint density at radius 2 is 2.00 bits per heavy atom. The summed E-state index contributed by atoms with van der Waals surface area (Å²) in [6.07, 6.45) is 0. The van der Waals surface area contributed by atoms with Crippen LogP contribution >= 0.6 is 11.6 Å². The van der Waals surface area contributed by atoms with Crippen LogP contribution in [0.5, 0.6) is 0 Å². The third-order valence-electron chi connectivity index (χ3n) is 3.23. The first-order chi connectivity index (χ1) is 9.99. The quantitative estimate of drug-likeness (QED) is 0.752. The number of furan rings is 1. The molecule has 2 N–H and O–H groups in total. The van der Waals surface area contributed by atoms with Crippen LogP contribution in [0.4, 0.5) is 10.2 Å². The van der Waals surface area contributed by atoms with Crippen molar-refractivity contribution in [2.24, 2.45) is 0 Å². The van der Waals surface area contributed by atoms with Crippen molar-refractivity contribution in [3.63, 3.8) is 0 Å². The summed E-state index contributed by atoms with van der Waals surface area (Å²) in [5.41, 5.74) is 7.15. The summed E-state index contributed by atoms with van der Waals surface area (Å²) >= 11 is 5.83. The van der Waals surface area contributed by atoms with Gasteiger partial charge in [0.1, 0.15) is 17.3 Å². The topological polar surface area (TPSA) is 65.2 Å². The maximum Gasteiger partial charge on any atom is 0.180 e. The summed E-state index contributed by atoms with van der Waals surface area (Å²) < 4.78 is 25.0. The lowest BCUT2D eigenvalue weighted by atomic mass is 10.0. The molecule has 6 heteroatoms. The monoisotopic (exact) mass is 306 g/mol. The average molecular weight is 307 g/mol. The van der Waals surface area contributed by atoms with Crippen molar-refractivity contribution in [3.05, 3.63) is 46.6 Å². The molecule has 3 aromatic rings. The Balaban J connectivity index is 2.27. The number of halogens is 2. The summed E-state index contributed by atoms with van der Waals surface area (Å²) in [4.78, 5) is 0. The fourth-order valence-corrected chi connectivity index (χ4v) is 2.47. The van der Waals surface area contributed by atoms with E-state index >= 15 is 0 Å². The standard InChI is InChI=1S/C15H12ClFN2O2/c1-7-6-10(8(2)20-7)14-12(15(18)19-21-14)9-4-3-5-11(16)13(9)17/h3-6H,1-2H3,(H2,18,19). The molecule has 0 saturated heterocycles. The molecule has 2 heterocycles. The van der Waals surface area contributed by atoms with E-state index in [9.17, 15) is 4.39 Å². The lowest BCUT2D eigenvalue weighted by molar-refractivity contribution is 0.434. The lowest BCUT2D eigenvalue weighted by Gasteiger charge is -2.04. The van der Waals surface area contributed by atoms with E-state index in [0.717, 1.165) is 5.76 Å². The molecule has 0 fully saturated rings. The minimum absolute atomic E-state index is 0.0131. The van der Waals surface area contributed by atoms with Crippen LogP contribution in [0.15, 0.2) is 33.2 Å². The Kier molecular flexibility index (Phi) is 3.22. The molecule has 4 nitrogen and oxygen atoms in total. The van der Waals surface area contributed by atoms with E-state index in [2.05, 4.69) is 5.16 Å². The molecular weight excluding hydrogens is 295 g/mol. The number of nitrogens with two attached hydrogens (primary N) is 1. The first-order valence-corrected chi connectivity index (χ1v) is 6.63. The number of anilines is 1. The first-order valence-electron chi connectivity index (χ1n) is 6.26. The summed E-state index contributed by atoms with van der Waals surface area (Å²) in [6, 6.07) is 6.48. The number of nitrogens with zero attached hydrogens (tertiary/aromatic N) is 1. The molecule has 0 saturated carbocycles. The van der Waals surface area contributed by atoms with Crippen molar-refractivity contribution < 1.29 is 13.3 Å². The molecular formula is C15H12ClFN2O2. The van der Waals surface area contributed by atoms with Crippen LogP contribution in [0, 0.1) is 19.7 Å². The molecule has 108 valence electrons. The van der Waals surface area contributed by atoms with Gasteiger partial charge in [-0.1, -0.05) is 28.9 Å². The third-order valence-corrected chi connectivity index (χ3v) is 3.52. The zero-order valence-electron chi connectivity index (χ0n) is 11.4. The van der Waals surface area contributed by atoms with E-state index in [0.29, 0.717) is 22.6 Å². The van der Waals surface area contributed by atoms with Gasteiger partial charge in [0.15, 0.2) is 11.6 Å². The van der Waals surface area contributed by atoms with Gasteiger partial charge in [0.25, 0.3) is 0 Å². The second-order valence-corrected chi connectivity index (χ2v) is 5.11. The predicted octanol–water partition coefficient (Wildman–Crippen LogP) is 4.59. The van der Waals surface area contributed by atoms with Gasteiger partial charge < -0.3 is 14.7 Å². The molecule has 0 aliphatic heterocycles. The van der Waals surface area contributed by atoms with Crippen molar-refractivity contribution in [2.75, 3.05) is 5.73 Å². The largest absolute Gasteiger partial charge is 0.466 e. The van der Waals surface area contributed by atoms with E-state index < -0.39 is 5.82 Å². The van der Waals surface area contributed by atoms with E-state index in [1.807, 2.05) is 6.92 Å². The van der Waals surface area contributed by atoms with Gasteiger partial charge in [-0.15, -0.1) is 0 Å². The van der Waals surface area contributed by atoms with Crippen molar-refractivity contribution in [1.82, 2.24) is 5.16 Å². The second kappa shape index (κ2) is 4.93. The van der Waals surface area contributed by atoms with Crippen molar-refractivity contribution in [2.45, 2.75) is 13.8 Å². The molecule has 2 aromatic heterocycles. The second-order valence-electron chi connectivity index (χ2n) is 4.70. The maximum absolute atomic E-state index is 14.3. The fraction of sp³-hybridized carbons (Fsp3) is 0.133. The molecule has 0 unspecified atom stereocenters. The highest BCUT2D eigenvalue weighted by Crippen LogP contribution is 2.40. The predicted molar refractivity (Wildman–Crippen MR) is 78.5 cm³/mol. The van der Waals surface area contributed by atoms with Crippen LogP contribution in [-0.2, 0) is 0 Å². The average Bonchev–Trinajstić information content (AvgIpc) is 2.96. The van der Waals surface area contributed by atoms with E-state index in [-0.39, 0.29) is 16.4 Å². The van der Waals surface area contributed by atoms with Crippen molar-refractivity contribution >= 4 is 17.4 Å². The molecule has 21 heavy (non-hydrogen) atoms. The minimum Gasteiger partial charge on any atom is -0.466 e. The van der Waals surface area contributed by atoms with E-state index in [1.54, 1.807) is 25.1 Å². The normalized spacial score (nSPS) is 11.0. The molecule has 3 rings (SSSR count). The molecule has 0 bridgehead atoms. The smallest absolute Gasteiger partial charge is 0.180 e. The highest BCUT2D eigenvalue weighted by atomic mass is 35.5. The zero-order valence-corrected chi connectivity index (χ0v) is 12.2. The summed E-state index contributed by atoms with van der Waals surface area (Å²) in [5, 5.41) is 3.75. The van der Waals surface area contributed by atoms with Crippen LogP contribution in [0.25, 0.3) is 22.5 Å². The van der Waals surface area contributed by atoms with Crippen LogP contribution in [-0.4, -0.2) is 5.16 Å². The number of aryl methyl sites for hydroxylation is 2. The molecule has 1 aromatic carbocycles. The zero-order chi connectivity index (χ0) is 15.1. The number of hydrogen-bond donors (Lipinski definition) is 1. The third kappa shape index (κ3) is 2.19. The Hall–Kier alpha value is -2.27. The molecule has 0 radical (unpaired) electrons. The lowest BCUT2D eigenvalue weighted by Crippen LogP contribution is -1.92. The van der Waals surface area contributed by atoms with Crippen LogP contribution in [0.3, 0.4) is 0 Å². The van der Waals surface area contributed by atoms with Crippen molar-refractivity contribution in [3.8, 4) is 22.5 Å². The summed E-state index contributed by atoms with van der Waals surface area (Å²) in [5.74, 6) is 1.27. The van der Waals surface area contributed by atoms with Gasteiger partial charge in [-0.2, -0.15) is 0 Å². The van der Waals surface area contributed by atoms with E-state index in [4.69, 9.17) is 26.3 Å². The molecule has 0 amide bonds. The highest BCUT2D eigenvalue weighted by Gasteiger charge is 2.24. The number of rotatable bonds is 2. The molecule has 0 atom stereocenters. The Labute approximate surface area is 125 Å². The Morgan fingerprint density at radius 1 is 1.24 bits per heavy atom. The molecule has 0 spiro atoms. The van der Waals surface area contributed by atoms with Gasteiger partial charge in [-0.25, -0.2) is 4.39 Å². The summed E-state index contributed by atoms with van der Waals surface area (Å²) in [6.45, 7) is 3.61. The van der Waals surface area contributed by atoms with Gasteiger partial charge in [0, 0.05) is 5.56 Å². The maximum atomic E-state index is 14.3. The highest BCUT2D eigenvalue weighted by molar-refractivity contribution is 6.31. The van der Waals surface area contributed by atoms with Gasteiger partial charge in [-0.05, 0) is 26.0 Å². The number of nitrogen functional groups attached to an aromatic ring is 1. The van der Waals surface area contributed by atoms with E-state index in [1.165, 1.54) is 6.07 Å². The SMILES string of the molecule is Cc1cc(-c2onc(N)c2-c2cccc(Cl)c2F)c(C)o1. The summed E-state index contributed by atoms with van der Waals surface area (Å²) in [7, 11) is 0. The molecule has 0 aliphatic carbocycles. The Morgan fingerprint density at radius 3 is 2.67 bits per heavy atom. The number of benzene rings is 1. The van der Waals surface area contributed by atoms with Gasteiger partial charge in [0.05, 0.1) is 16.1 Å². The van der Waals surface area contributed by atoms with Gasteiger partial charge >= 0.3 is 0 Å². The fourth-order valence-electron chi connectivity index (χ4n) is 2.30. The van der Waals surface area contributed by atoms with Crippen molar-refractivity contribution in [1.29, 1.82) is 0 Å². The van der Waals surface area contributed by atoms with Gasteiger partial charge in [0.2, 0.25) is 0 Å².